The number of carboxylic acid groups (broad SMARTS) is 1. The number of halogens is 1. The molecule has 2 aromatic rings. The fourth-order valence-electron chi connectivity index (χ4n) is 3.09. The predicted octanol–water partition coefficient (Wildman–Crippen LogP) is 4.13. The van der Waals surface area contributed by atoms with Gasteiger partial charge in [0.05, 0.1) is 23.3 Å². The van der Waals surface area contributed by atoms with Crippen molar-refractivity contribution in [3.8, 4) is 5.75 Å². The summed E-state index contributed by atoms with van der Waals surface area (Å²) in [5.74, 6) is -0.567. The van der Waals surface area contributed by atoms with Crippen molar-refractivity contribution in [1.82, 2.24) is 0 Å². The molecule has 0 fully saturated rings. The Kier molecular flexibility index (Phi) is 5.62. The van der Waals surface area contributed by atoms with Gasteiger partial charge in [0.15, 0.2) is 0 Å². The molecule has 0 aliphatic carbocycles. The Morgan fingerprint density at radius 3 is 2.64 bits per heavy atom. The van der Waals surface area contributed by atoms with Gasteiger partial charge >= 0.3 is 5.97 Å². The van der Waals surface area contributed by atoms with E-state index in [1.54, 1.807) is 30.3 Å². The molecule has 0 unspecified atom stereocenters. The molecule has 1 aliphatic heterocycles. The van der Waals surface area contributed by atoms with Gasteiger partial charge < -0.3 is 9.84 Å². The number of methoxy groups -OCH3 is 1. The maximum atomic E-state index is 13.4. The highest BCUT2D eigenvalue weighted by Gasteiger charge is 2.32. The van der Waals surface area contributed by atoms with Crippen molar-refractivity contribution < 1.29 is 23.1 Å². The molecule has 0 bridgehead atoms. The second-order valence-electron chi connectivity index (χ2n) is 6.05. The molecule has 1 N–H and O–H groups in total. The van der Waals surface area contributed by atoms with E-state index in [1.165, 1.54) is 29.6 Å². The molecule has 8 heteroatoms. The molecular formula is C20H18BrNO5S. The molecule has 146 valence electrons. The minimum absolute atomic E-state index is 0.00549. The fraction of sp³-hybridized carbons (Fsp3) is 0.150. The largest absolute Gasteiger partial charge is 0.496 e. The van der Waals surface area contributed by atoms with Gasteiger partial charge in [0.2, 0.25) is 0 Å². The van der Waals surface area contributed by atoms with Gasteiger partial charge in [-0.1, -0.05) is 30.9 Å². The minimum atomic E-state index is -3.94. The van der Waals surface area contributed by atoms with E-state index in [0.717, 1.165) is 0 Å². The van der Waals surface area contributed by atoms with E-state index in [-0.39, 0.29) is 23.4 Å². The predicted molar refractivity (Wildman–Crippen MR) is 112 cm³/mol. The van der Waals surface area contributed by atoms with Gasteiger partial charge in [-0.25, -0.2) is 13.2 Å². The molecule has 0 saturated carbocycles. The normalized spacial score (nSPS) is 14.3. The number of para-hydroxylation sites is 1. The summed E-state index contributed by atoms with van der Waals surface area (Å²) in [7, 11) is -2.44. The number of fused-ring (bicyclic) bond motifs is 1. The smallest absolute Gasteiger partial charge is 0.332 e. The maximum absolute atomic E-state index is 13.4. The van der Waals surface area contributed by atoms with Crippen LogP contribution in [0.15, 0.2) is 59.5 Å². The van der Waals surface area contributed by atoms with E-state index < -0.39 is 16.0 Å². The SMILES string of the molecule is C=Cc1cc(S(=O)(=O)N2CCC(C(=O)O)=C(Br)c3ccccc32)ccc1OC. The Morgan fingerprint density at radius 1 is 1.29 bits per heavy atom. The van der Waals surface area contributed by atoms with Crippen LogP contribution in [0.3, 0.4) is 0 Å². The van der Waals surface area contributed by atoms with E-state index in [1.807, 2.05) is 0 Å². The summed E-state index contributed by atoms with van der Waals surface area (Å²) in [5, 5.41) is 9.51. The lowest BCUT2D eigenvalue weighted by molar-refractivity contribution is -0.132. The van der Waals surface area contributed by atoms with Gasteiger partial charge in [0, 0.05) is 22.2 Å². The standard InChI is InChI=1S/C20H18BrNO5S/c1-3-13-12-14(8-9-18(13)27-2)28(25,26)22-11-10-16(20(23)24)19(21)15-6-4-5-7-17(15)22/h3-9,12H,1,10-11H2,2H3,(H,23,24). The van der Waals surface area contributed by atoms with Gasteiger partial charge in [-0.05, 0) is 46.6 Å². The molecule has 1 heterocycles. The van der Waals surface area contributed by atoms with E-state index in [4.69, 9.17) is 4.74 Å². The number of anilines is 1. The number of aliphatic carboxylic acids is 1. The molecule has 3 rings (SSSR count). The van der Waals surface area contributed by atoms with E-state index in [2.05, 4.69) is 22.5 Å². The lowest BCUT2D eigenvalue weighted by atomic mass is 10.1. The highest BCUT2D eigenvalue weighted by atomic mass is 79.9. The van der Waals surface area contributed by atoms with Crippen LogP contribution in [-0.2, 0) is 14.8 Å². The van der Waals surface area contributed by atoms with Gasteiger partial charge in [0.1, 0.15) is 5.75 Å². The average Bonchev–Trinajstić information content (AvgIpc) is 2.84. The van der Waals surface area contributed by atoms with E-state index >= 15 is 0 Å². The molecule has 0 saturated heterocycles. The molecule has 0 atom stereocenters. The summed E-state index contributed by atoms with van der Waals surface area (Å²) < 4.78 is 33.7. The van der Waals surface area contributed by atoms with Crippen molar-refractivity contribution in [2.45, 2.75) is 11.3 Å². The molecule has 28 heavy (non-hydrogen) atoms. The number of hydrogen-bond donors (Lipinski definition) is 1. The Balaban J connectivity index is 2.16. The molecule has 6 nitrogen and oxygen atoms in total. The maximum Gasteiger partial charge on any atom is 0.332 e. The molecule has 0 radical (unpaired) electrons. The van der Waals surface area contributed by atoms with Crippen molar-refractivity contribution in [2.24, 2.45) is 0 Å². The summed E-state index contributed by atoms with van der Waals surface area (Å²) in [6, 6.07) is 11.3. The third kappa shape index (κ3) is 3.45. The highest BCUT2D eigenvalue weighted by Crippen LogP contribution is 2.40. The van der Waals surface area contributed by atoms with Gasteiger partial charge in [-0.3, -0.25) is 4.31 Å². The summed E-state index contributed by atoms with van der Waals surface area (Å²) in [6.07, 6.45) is 1.59. The molecule has 1 aliphatic rings. The summed E-state index contributed by atoms with van der Waals surface area (Å²) in [4.78, 5) is 11.7. The minimum Gasteiger partial charge on any atom is -0.496 e. The first-order valence-electron chi connectivity index (χ1n) is 8.35. The first-order chi connectivity index (χ1) is 13.3. The zero-order valence-corrected chi connectivity index (χ0v) is 17.5. The van der Waals surface area contributed by atoms with Crippen LogP contribution in [0.5, 0.6) is 5.75 Å². The number of hydrogen-bond acceptors (Lipinski definition) is 4. The Bertz CT molecular complexity index is 1090. The number of ether oxygens (including phenoxy) is 1. The van der Waals surface area contributed by atoms with Crippen LogP contribution in [0, 0.1) is 0 Å². The Labute approximate surface area is 171 Å². The molecular weight excluding hydrogens is 446 g/mol. The zero-order valence-electron chi connectivity index (χ0n) is 15.1. The average molecular weight is 464 g/mol. The molecule has 0 aromatic heterocycles. The second-order valence-corrected chi connectivity index (χ2v) is 8.71. The number of nitrogens with zero attached hydrogens (tertiary/aromatic N) is 1. The molecule has 0 amide bonds. The zero-order chi connectivity index (χ0) is 20.5. The van der Waals surface area contributed by atoms with Gasteiger partial charge in [-0.2, -0.15) is 0 Å². The summed E-state index contributed by atoms with van der Waals surface area (Å²) in [5.41, 5.74) is 1.61. The van der Waals surface area contributed by atoms with Gasteiger partial charge in [0.25, 0.3) is 10.0 Å². The number of sulfonamides is 1. The lowest BCUT2D eigenvalue weighted by Gasteiger charge is -2.25. The number of rotatable bonds is 5. The van der Waals surface area contributed by atoms with E-state index in [9.17, 15) is 18.3 Å². The van der Waals surface area contributed by atoms with Crippen molar-refractivity contribution >= 4 is 48.2 Å². The van der Waals surface area contributed by atoms with Crippen molar-refractivity contribution in [3.05, 3.63) is 65.7 Å². The first-order valence-corrected chi connectivity index (χ1v) is 10.6. The van der Waals surface area contributed by atoms with Crippen LogP contribution in [0.1, 0.15) is 17.5 Å². The van der Waals surface area contributed by atoms with Gasteiger partial charge in [-0.15, -0.1) is 0 Å². The molecule has 2 aromatic carbocycles. The third-order valence-corrected chi connectivity index (χ3v) is 7.22. The van der Waals surface area contributed by atoms with E-state index in [0.29, 0.717) is 27.0 Å². The topological polar surface area (TPSA) is 83.9 Å². The second kappa shape index (κ2) is 7.81. The van der Waals surface area contributed by atoms with Crippen LogP contribution in [0.4, 0.5) is 5.69 Å². The number of benzene rings is 2. The van der Waals surface area contributed by atoms with Crippen molar-refractivity contribution in [3.63, 3.8) is 0 Å². The van der Waals surface area contributed by atoms with Crippen LogP contribution in [-0.4, -0.2) is 33.1 Å². The fourth-order valence-corrected chi connectivity index (χ4v) is 5.32. The number of carboxylic acids is 1. The Hall–Kier alpha value is -2.58. The summed E-state index contributed by atoms with van der Waals surface area (Å²) in [6.45, 7) is 3.70. The first kappa shape index (κ1) is 20.2. The van der Waals surface area contributed by atoms with Crippen molar-refractivity contribution in [1.29, 1.82) is 0 Å². The third-order valence-electron chi connectivity index (χ3n) is 4.51. The number of carbonyl (C=O) groups is 1. The van der Waals surface area contributed by atoms with Crippen LogP contribution >= 0.6 is 15.9 Å². The van der Waals surface area contributed by atoms with Crippen LogP contribution in [0.2, 0.25) is 0 Å². The lowest BCUT2D eigenvalue weighted by Crippen LogP contribution is -2.32. The highest BCUT2D eigenvalue weighted by molar-refractivity contribution is 9.15. The monoisotopic (exact) mass is 463 g/mol. The van der Waals surface area contributed by atoms with Crippen molar-refractivity contribution in [2.75, 3.05) is 18.0 Å². The van der Waals surface area contributed by atoms with Crippen LogP contribution in [0.25, 0.3) is 10.6 Å². The molecule has 0 spiro atoms. The Morgan fingerprint density at radius 2 is 2.00 bits per heavy atom. The summed E-state index contributed by atoms with van der Waals surface area (Å²) >= 11 is 3.34. The quantitative estimate of drug-likeness (QED) is 0.720. The van der Waals surface area contributed by atoms with Crippen LogP contribution < -0.4 is 9.04 Å².